The van der Waals surface area contributed by atoms with E-state index in [0.717, 1.165) is 5.56 Å². The van der Waals surface area contributed by atoms with Crippen molar-refractivity contribution in [1.82, 2.24) is 9.88 Å². The Labute approximate surface area is 185 Å². The number of nitrogens with one attached hydrogen (secondary N) is 1. The first-order valence-electron chi connectivity index (χ1n) is 10.1. The first-order chi connectivity index (χ1) is 15.6. The maximum absolute atomic E-state index is 13.4. The lowest BCUT2D eigenvalue weighted by atomic mass is 9.96. The van der Waals surface area contributed by atoms with Gasteiger partial charge in [0.2, 0.25) is 5.78 Å². The van der Waals surface area contributed by atoms with E-state index in [0.29, 0.717) is 23.5 Å². The maximum Gasteiger partial charge on any atom is 0.295 e. The molecule has 1 aliphatic rings. The van der Waals surface area contributed by atoms with Gasteiger partial charge in [-0.1, -0.05) is 30.5 Å². The van der Waals surface area contributed by atoms with Gasteiger partial charge in [0.25, 0.3) is 5.91 Å². The van der Waals surface area contributed by atoms with Crippen LogP contribution < -0.4 is 14.8 Å². The standard InChI is InChI=1S/C25H21N3O4/c1-2-14-32-20-7-5-19(6-8-20)23(29)21-22(18-9-12-26-13-10-18)28(25(31)24(21)30)16-17-4-3-11-27-15-17/h2-13,15,22,29H,1,14,16H2/b23-21+. The number of carbonyl (C=O) groups excluding carboxylic acids is 2. The molecule has 0 radical (unpaired) electrons. The second-order valence-electron chi connectivity index (χ2n) is 7.22. The number of ether oxygens (including phenoxy) is 1. The normalized spacial score (nSPS) is 17.4. The number of H-pyrrole nitrogens is 1. The Morgan fingerprint density at radius 3 is 2.56 bits per heavy atom. The van der Waals surface area contributed by atoms with Crippen LogP contribution in [0.1, 0.15) is 22.7 Å². The molecule has 1 unspecified atom stereocenters. The highest BCUT2D eigenvalue weighted by Gasteiger charge is 2.44. The molecule has 1 aromatic carbocycles. The number of pyridine rings is 2. The summed E-state index contributed by atoms with van der Waals surface area (Å²) >= 11 is 0. The zero-order chi connectivity index (χ0) is 22.5. The summed E-state index contributed by atoms with van der Waals surface area (Å²) in [4.78, 5) is 34.4. The molecule has 2 aromatic heterocycles. The second-order valence-corrected chi connectivity index (χ2v) is 7.22. The fraction of sp³-hybridized carbons (Fsp3) is 0.120. The lowest BCUT2D eigenvalue weighted by Gasteiger charge is -2.27. The first-order valence-corrected chi connectivity index (χ1v) is 10.1. The molecule has 1 N–H and O–H groups in total. The van der Waals surface area contributed by atoms with Gasteiger partial charge >= 0.3 is 0 Å². The summed E-state index contributed by atoms with van der Waals surface area (Å²) in [7, 11) is 0. The number of ketones is 1. The van der Waals surface area contributed by atoms with E-state index in [1.165, 1.54) is 4.90 Å². The number of likely N-dealkylation sites (tertiary alicyclic amines) is 1. The van der Waals surface area contributed by atoms with E-state index in [4.69, 9.17) is 4.74 Å². The van der Waals surface area contributed by atoms with E-state index >= 15 is 0 Å². The lowest BCUT2D eigenvalue weighted by molar-refractivity contribution is -0.378. The third kappa shape index (κ3) is 4.13. The zero-order valence-corrected chi connectivity index (χ0v) is 17.2. The molecule has 3 aromatic rings. The molecule has 160 valence electrons. The van der Waals surface area contributed by atoms with Crippen molar-refractivity contribution in [2.24, 2.45) is 0 Å². The number of benzene rings is 1. The number of carbonyl (C=O) groups is 2. The molecule has 0 spiro atoms. The summed E-state index contributed by atoms with van der Waals surface area (Å²) in [5.74, 6) is -1.40. The van der Waals surface area contributed by atoms with Crippen molar-refractivity contribution in [3.63, 3.8) is 0 Å². The number of rotatable bonds is 7. The highest BCUT2D eigenvalue weighted by Crippen LogP contribution is 2.39. The molecule has 0 saturated carbocycles. The molecular formula is C25H21N3O4. The predicted octanol–water partition coefficient (Wildman–Crippen LogP) is 1.88. The van der Waals surface area contributed by atoms with E-state index in [-0.39, 0.29) is 12.1 Å². The van der Waals surface area contributed by atoms with Crippen molar-refractivity contribution in [2.75, 3.05) is 6.61 Å². The molecule has 7 heteroatoms. The summed E-state index contributed by atoms with van der Waals surface area (Å²) in [6.45, 7) is 4.12. The molecule has 1 aliphatic heterocycles. The molecule has 1 fully saturated rings. The van der Waals surface area contributed by atoms with Crippen molar-refractivity contribution < 1.29 is 24.4 Å². The summed E-state index contributed by atoms with van der Waals surface area (Å²) in [6.07, 6.45) is 8.28. The average Bonchev–Trinajstić information content (AvgIpc) is 3.09. The minimum absolute atomic E-state index is 0.0686. The molecule has 1 saturated heterocycles. The van der Waals surface area contributed by atoms with Crippen LogP contribution in [0.2, 0.25) is 0 Å². The van der Waals surface area contributed by atoms with Gasteiger partial charge in [0.05, 0.1) is 12.6 Å². The van der Waals surface area contributed by atoms with Crippen LogP contribution >= 0.6 is 0 Å². The minimum Gasteiger partial charge on any atom is -0.872 e. The molecule has 32 heavy (non-hydrogen) atoms. The van der Waals surface area contributed by atoms with Crippen LogP contribution in [0.3, 0.4) is 0 Å². The van der Waals surface area contributed by atoms with Gasteiger partial charge in [0.15, 0.2) is 12.4 Å². The van der Waals surface area contributed by atoms with Crippen LogP contribution in [0, 0.1) is 0 Å². The van der Waals surface area contributed by atoms with Gasteiger partial charge < -0.3 is 14.7 Å². The van der Waals surface area contributed by atoms with Crippen LogP contribution in [0.4, 0.5) is 0 Å². The van der Waals surface area contributed by atoms with Gasteiger partial charge in [0, 0.05) is 29.6 Å². The van der Waals surface area contributed by atoms with Gasteiger partial charge in [0.1, 0.15) is 12.4 Å². The monoisotopic (exact) mass is 427 g/mol. The number of aromatic nitrogens is 2. The molecule has 0 bridgehead atoms. The number of amides is 1. The van der Waals surface area contributed by atoms with Crippen molar-refractivity contribution >= 4 is 17.4 Å². The minimum atomic E-state index is -0.803. The predicted molar refractivity (Wildman–Crippen MR) is 115 cm³/mol. The van der Waals surface area contributed by atoms with E-state index in [9.17, 15) is 14.7 Å². The highest BCUT2D eigenvalue weighted by molar-refractivity contribution is 6.46. The molecule has 3 heterocycles. The molecule has 4 rings (SSSR count). The second kappa shape index (κ2) is 9.26. The molecular weight excluding hydrogens is 406 g/mol. The van der Waals surface area contributed by atoms with Crippen LogP contribution in [-0.4, -0.2) is 28.2 Å². The van der Waals surface area contributed by atoms with Crippen LogP contribution in [0.5, 0.6) is 5.75 Å². The number of nitrogens with zero attached hydrogens (tertiary/aromatic N) is 2. The summed E-state index contributed by atoms with van der Waals surface area (Å²) < 4.78 is 5.45. The van der Waals surface area contributed by atoms with Crippen molar-refractivity contribution in [2.45, 2.75) is 12.6 Å². The summed E-state index contributed by atoms with van der Waals surface area (Å²) in [5.41, 5.74) is 1.69. The topological polar surface area (TPSA) is 96.7 Å². The van der Waals surface area contributed by atoms with E-state index < -0.39 is 23.5 Å². The number of hydrogen-bond donors (Lipinski definition) is 0. The Hall–Kier alpha value is -4.26. The SMILES string of the molecule is C=CCOc1ccc(/C([O-])=C2\C(=O)C(=O)N(Cc3ccc[nH+]c3)C2c2ccncc2)cc1. The average molecular weight is 427 g/mol. The quantitative estimate of drug-likeness (QED) is 0.248. The summed E-state index contributed by atoms with van der Waals surface area (Å²) in [5, 5.41) is 13.4. The zero-order valence-electron chi connectivity index (χ0n) is 17.2. The Balaban J connectivity index is 1.77. The fourth-order valence-corrected chi connectivity index (χ4v) is 3.66. The Kier molecular flexibility index (Phi) is 6.07. The van der Waals surface area contributed by atoms with Gasteiger partial charge in [-0.05, 0) is 41.5 Å². The summed E-state index contributed by atoms with van der Waals surface area (Å²) in [6, 6.07) is 12.7. The molecule has 1 atom stereocenters. The Bertz CT molecular complexity index is 1160. The molecule has 1 amide bonds. The van der Waals surface area contributed by atoms with Crippen molar-refractivity contribution in [3.05, 3.63) is 108 Å². The third-order valence-electron chi connectivity index (χ3n) is 5.16. The van der Waals surface area contributed by atoms with Gasteiger partial charge in [-0.25, -0.2) is 4.98 Å². The van der Waals surface area contributed by atoms with Crippen LogP contribution in [0.15, 0.2) is 91.5 Å². The van der Waals surface area contributed by atoms with E-state index in [1.807, 2.05) is 12.1 Å². The van der Waals surface area contributed by atoms with Crippen LogP contribution in [0.25, 0.3) is 5.76 Å². The van der Waals surface area contributed by atoms with Gasteiger partial charge in [-0.15, -0.1) is 0 Å². The molecule has 0 aliphatic carbocycles. The number of hydrogen-bond acceptors (Lipinski definition) is 5. The Morgan fingerprint density at radius 1 is 1.16 bits per heavy atom. The molecule has 7 nitrogen and oxygen atoms in total. The maximum atomic E-state index is 13.4. The lowest BCUT2D eigenvalue weighted by Crippen LogP contribution is -2.29. The Morgan fingerprint density at radius 2 is 1.91 bits per heavy atom. The fourth-order valence-electron chi connectivity index (χ4n) is 3.66. The largest absolute Gasteiger partial charge is 0.872 e. The number of aromatic amines is 1. The van der Waals surface area contributed by atoms with Crippen LogP contribution in [-0.2, 0) is 16.1 Å². The van der Waals surface area contributed by atoms with Gasteiger partial charge in [-0.2, -0.15) is 0 Å². The number of Topliss-reactive ketones (excluding diaryl/α,β-unsaturated/α-hetero) is 1. The highest BCUT2D eigenvalue weighted by atomic mass is 16.5. The van der Waals surface area contributed by atoms with Crippen molar-refractivity contribution in [3.8, 4) is 5.75 Å². The third-order valence-corrected chi connectivity index (χ3v) is 5.16. The van der Waals surface area contributed by atoms with Crippen molar-refractivity contribution in [1.29, 1.82) is 0 Å². The first kappa shape index (κ1) is 21.0. The van der Waals surface area contributed by atoms with E-state index in [2.05, 4.69) is 16.5 Å². The van der Waals surface area contributed by atoms with Gasteiger partial charge in [-0.3, -0.25) is 14.6 Å². The smallest absolute Gasteiger partial charge is 0.295 e. The van der Waals surface area contributed by atoms with E-state index in [1.54, 1.807) is 67.3 Å².